The van der Waals surface area contributed by atoms with Crippen molar-refractivity contribution >= 4 is 46.9 Å². The number of aryl methyl sites for hydroxylation is 1. The monoisotopic (exact) mass is 470 g/mol. The van der Waals surface area contributed by atoms with Crippen LogP contribution in [0.25, 0.3) is 11.3 Å². The summed E-state index contributed by atoms with van der Waals surface area (Å²) in [5, 5.41) is 3.93. The number of nitrogens with zero attached hydrogens (tertiary/aromatic N) is 3. The summed E-state index contributed by atoms with van der Waals surface area (Å²) in [7, 11) is 1.69. The van der Waals surface area contributed by atoms with Crippen LogP contribution in [0, 0.1) is 0 Å². The van der Waals surface area contributed by atoms with E-state index < -0.39 is 0 Å². The van der Waals surface area contributed by atoms with E-state index in [4.69, 9.17) is 27.9 Å². The van der Waals surface area contributed by atoms with E-state index in [0.29, 0.717) is 53.2 Å². The molecular weight excluding hydrogens is 447 g/mol. The van der Waals surface area contributed by atoms with Gasteiger partial charge in [0, 0.05) is 37.3 Å². The Morgan fingerprint density at radius 3 is 2.67 bits per heavy atom. The number of nitrogens with one attached hydrogen (secondary N) is 1. The molecule has 0 saturated carbocycles. The maximum Gasteiger partial charge on any atom is 0.278 e. The van der Waals surface area contributed by atoms with Gasteiger partial charge in [-0.3, -0.25) is 14.2 Å². The molecule has 1 fully saturated rings. The first-order valence-corrected chi connectivity index (χ1v) is 10.9. The van der Waals surface area contributed by atoms with Crippen LogP contribution < -0.4 is 10.9 Å². The molecule has 1 aliphatic heterocycles. The van der Waals surface area contributed by atoms with Crippen LogP contribution in [0.4, 0.5) is 10.6 Å². The number of amides is 1. The third kappa shape index (κ3) is 4.61. The Hall–Kier alpha value is -1.74. The van der Waals surface area contributed by atoms with Gasteiger partial charge in [-0.2, -0.15) is 0 Å². The van der Waals surface area contributed by atoms with Gasteiger partial charge in [0.05, 0.1) is 22.9 Å². The Morgan fingerprint density at radius 2 is 2.07 bits per heavy atom. The highest BCUT2D eigenvalue weighted by Gasteiger charge is 2.36. The second-order valence-corrected chi connectivity index (χ2v) is 8.26. The van der Waals surface area contributed by atoms with Crippen molar-refractivity contribution in [3.63, 3.8) is 0 Å². The third-order valence-corrected chi connectivity index (χ3v) is 5.95. The number of carbonyl (C=O) groups excluding carboxylic acids is 1. The Kier molecular flexibility index (Phi) is 7.34. The number of benzene rings is 1. The van der Waals surface area contributed by atoms with Crippen molar-refractivity contribution in [2.24, 2.45) is 7.05 Å². The molecule has 0 radical (unpaired) electrons. The maximum absolute atomic E-state index is 13.1. The number of ether oxygens (including phenoxy) is 1. The summed E-state index contributed by atoms with van der Waals surface area (Å²) >= 11 is 16.2. The van der Waals surface area contributed by atoms with Crippen LogP contribution in [0.3, 0.4) is 0 Å². The van der Waals surface area contributed by atoms with Gasteiger partial charge in [0.2, 0.25) is 0 Å². The highest BCUT2D eigenvalue weighted by molar-refractivity contribution is 7.96. The molecule has 10 heteroatoms. The van der Waals surface area contributed by atoms with Crippen molar-refractivity contribution < 1.29 is 9.53 Å². The number of thiol groups is 1. The van der Waals surface area contributed by atoms with Crippen LogP contribution in [0.15, 0.2) is 23.0 Å². The Bertz CT molecular complexity index is 1010. The van der Waals surface area contributed by atoms with E-state index in [1.54, 1.807) is 30.1 Å². The number of likely N-dealkylation sites (tertiary alicyclic amines) is 1. The van der Waals surface area contributed by atoms with Gasteiger partial charge in [0.15, 0.2) is 0 Å². The van der Waals surface area contributed by atoms with E-state index in [0.717, 1.165) is 0 Å². The van der Waals surface area contributed by atoms with Crippen molar-refractivity contribution in [2.45, 2.75) is 32.4 Å². The molecule has 2 aromatic rings. The van der Waals surface area contributed by atoms with Gasteiger partial charge in [-0.25, -0.2) is 4.98 Å². The molecule has 30 heavy (non-hydrogen) atoms. The molecule has 1 aromatic carbocycles. The van der Waals surface area contributed by atoms with Crippen LogP contribution >= 0.6 is 35.8 Å². The molecule has 0 unspecified atom stereocenters. The standard InChI is InChI=1S/C20H24Cl2N4O3S/c1-4-14-18(24-15-9-26(20(28)30)10-16(15)29-5-2)25(3)19(27)17(23-14)12-7-6-11(21)8-13(12)22/h6-8,15-16,24H,4-5,9-10H2,1-3H3,(H,28,30)/t15-,16+/m1/s1. The molecular formula is C20H24Cl2N4O3S. The molecule has 1 N–H and O–H groups in total. The lowest BCUT2D eigenvalue weighted by Crippen LogP contribution is -2.37. The van der Waals surface area contributed by atoms with Crippen LogP contribution in [-0.2, 0) is 18.2 Å². The third-order valence-electron chi connectivity index (χ3n) is 5.12. The van der Waals surface area contributed by atoms with Crippen molar-refractivity contribution in [1.29, 1.82) is 0 Å². The molecule has 1 saturated heterocycles. The van der Waals surface area contributed by atoms with Gasteiger partial charge < -0.3 is 15.0 Å². The van der Waals surface area contributed by atoms with E-state index >= 15 is 0 Å². The molecule has 2 heterocycles. The molecule has 0 aliphatic carbocycles. The van der Waals surface area contributed by atoms with Crippen LogP contribution in [0.1, 0.15) is 19.5 Å². The van der Waals surface area contributed by atoms with E-state index in [2.05, 4.69) is 22.9 Å². The topological polar surface area (TPSA) is 76.5 Å². The molecule has 1 aliphatic rings. The van der Waals surface area contributed by atoms with Crippen molar-refractivity contribution in [1.82, 2.24) is 14.5 Å². The summed E-state index contributed by atoms with van der Waals surface area (Å²) in [6.07, 6.45) is 0.381. The van der Waals surface area contributed by atoms with Crippen molar-refractivity contribution in [3.05, 3.63) is 44.3 Å². The van der Waals surface area contributed by atoms with Gasteiger partial charge in [-0.1, -0.05) is 42.8 Å². The number of aromatic nitrogens is 2. The molecule has 1 amide bonds. The average molecular weight is 471 g/mol. The lowest BCUT2D eigenvalue weighted by atomic mass is 10.1. The fraction of sp³-hybridized carbons (Fsp3) is 0.450. The smallest absolute Gasteiger partial charge is 0.278 e. The number of halogens is 2. The Labute approximate surface area is 190 Å². The number of hydrogen-bond acceptors (Lipinski definition) is 5. The number of rotatable bonds is 6. The van der Waals surface area contributed by atoms with Crippen LogP contribution in [0.5, 0.6) is 0 Å². The lowest BCUT2D eigenvalue weighted by molar-refractivity contribution is 0.0661. The fourth-order valence-corrected chi connectivity index (χ4v) is 4.26. The zero-order valence-corrected chi connectivity index (χ0v) is 19.4. The normalized spacial score (nSPS) is 18.7. The fourth-order valence-electron chi connectivity index (χ4n) is 3.60. The summed E-state index contributed by atoms with van der Waals surface area (Å²) in [6, 6.07) is 4.77. The minimum atomic E-state index is -0.306. The number of hydrogen-bond donors (Lipinski definition) is 2. The molecule has 162 valence electrons. The van der Waals surface area contributed by atoms with E-state index in [-0.39, 0.29) is 28.6 Å². The summed E-state index contributed by atoms with van der Waals surface area (Å²) < 4.78 is 7.33. The predicted molar refractivity (Wildman–Crippen MR) is 123 cm³/mol. The van der Waals surface area contributed by atoms with Gasteiger partial charge in [-0.05, 0) is 31.5 Å². The molecule has 1 aromatic heterocycles. The largest absolute Gasteiger partial charge is 0.374 e. The van der Waals surface area contributed by atoms with Gasteiger partial charge in [0.1, 0.15) is 11.5 Å². The summed E-state index contributed by atoms with van der Waals surface area (Å²) in [4.78, 5) is 31.1. The maximum atomic E-state index is 13.1. The number of carbonyl (C=O) groups is 1. The highest BCUT2D eigenvalue weighted by Crippen LogP contribution is 2.29. The lowest BCUT2D eigenvalue weighted by Gasteiger charge is -2.24. The minimum Gasteiger partial charge on any atom is -0.374 e. The van der Waals surface area contributed by atoms with Gasteiger partial charge >= 0.3 is 0 Å². The summed E-state index contributed by atoms with van der Waals surface area (Å²) in [5.41, 5.74) is 1.22. The first kappa shape index (κ1) is 22.9. The quantitative estimate of drug-likeness (QED) is 0.626. The van der Waals surface area contributed by atoms with E-state index in [9.17, 15) is 9.59 Å². The van der Waals surface area contributed by atoms with E-state index in [1.165, 1.54) is 4.57 Å². The SMILES string of the molecule is CCO[C@H]1CN(C(=O)S)C[C@H]1Nc1c(CC)nc(-c2ccc(Cl)cc2Cl)c(=O)n1C. The second-order valence-electron chi connectivity index (χ2n) is 7.03. The van der Waals surface area contributed by atoms with Gasteiger partial charge in [-0.15, -0.1) is 0 Å². The predicted octanol–water partition coefficient (Wildman–Crippen LogP) is 3.87. The first-order valence-electron chi connectivity index (χ1n) is 9.68. The molecule has 0 bridgehead atoms. The second kappa shape index (κ2) is 9.60. The zero-order chi connectivity index (χ0) is 22.0. The first-order chi connectivity index (χ1) is 14.3. The average Bonchev–Trinajstić information content (AvgIpc) is 3.10. The highest BCUT2D eigenvalue weighted by atomic mass is 35.5. The van der Waals surface area contributed by atoms with Gasteiger partial charge in [0.25, 0.3) is 10.8 Å². The Balaban J connectivity index is 2.01. The van der Waals surface area contributed by atoms with Crippen molar-refractivity contribution in [3.8, 4) is 11.3 Å². The van der Waals surface area contributed by atoms with E-state index in [1.807, 2.05) is 13.8 Å². The van der Waals surface area contributed by atoms with Crippen LogP contribution in [-0.4, -0.2) is 51.5 Å². The molecule has 0 spiro atoms. The minimum absolute atomic E-state index is 0.191. The molecule has 7 nitrogen and oxygen atoms in total. The molecule has 3 rings (SSSR count). The summed E-state index contributed by atoms with van der Waals surface area (Å²) in [6.45, 7) is 5.25. The zero-order valence-electron chi connectivity index (χ0n) is 17.0. The Morgan fingerprint density at radius 1 is 1.33 bits per heavy atom. The van der Waals surface area contributed by atoms with Crippen molar-refractivity contribution in [2.75, 3.05) is 25.0 Å². The summed E-state index contributed by atoms with van der Waals surface area (Å²) in [5.74, 6) is 0.597. The number of anilines is 1. The van der Waals surface area contributed by atoms with Crippen LogP contribution in [0.2, 0.25) is 10.0 Å². The molecule has 2 atom stereocenters.